The minimum atomic E-state index is -2.56. The smallest absolute Gasteiger partial charge is 0.269 e. The van der Waals surface area contributed by atoms with Crippen LogP contribution < -0.4 is 29.2 Å². The lowest BCUT2D eigenvalue weighted by Gasteiger charge is -2.37. The van der Waals surface area contributed by atoms with E-state index in [4.69, 9.17) is 18.9 Å². The average molecular weight is 826 g/mol. The van der Waals surface area contributed by atoms with Crippen LogP contribution in [0.3, 0.4) is 0 Å². The van der Waals surface area contributed by atoms with Crippen LogP contribution in [-0.4, -0.2) is 75.9 Å². The number of benzene rings is 5. The van der Waals surface area contributed by atoms with Gasteiger partial charge >= 0.3 is 0 Å². The van der Waals surface area contributed by atoms with Crippen LogP contribution in [0.4, 0.5) is 17.1 Å². The van der Waals surface area contributed by atoms with Gasteiger partial charge in [0.2, 0.25) is 5.91 Å². The molecule has 0 aliphatic carbocycles. The van der Waals surface area contributed by atoms with Crippen LogP contribution in [0.2, 0.25) is 18.6 Å². The molecule has 1 saturated heterocycles. The average Bonchev–Trinajstić information content (AvgIpc) is 3.69. The quantitative estimate of drug-likeness (QED) is 0.127. The van der Waals surface area contributed by atoms with Crippen molar-refractivity contribution in [3.8, 4) is 17.2 Å². The summed E-state index contributed by atoms with van der Waals surface area (Å²) in [5.41, 5.74) is 3.03. The zero-order valence-corrected chi connectivity index (χ0v) is 35.7. The van der Waals surface area contributed by atoms with Gasteiger partial charge in [0.05, 0.1) is 59.3 Å². The van der Waals surface area contributed by atoms with Gasteiger partial charge < -0.3 is 33.9 Å². The highest BCUT2D eigenvalue weighted by Crippen LogP contribution is 2.60. The van der Waals surface area contributed by atoms with Crippen LogP contribution in [0.25, 0.3) is 0 Å². The molecule has 4 atom stereocenters. The summed E-state index contributed by atoms with van der Waals surface area (Å²) in [5, 5.41) is 11.2. The monoisotopic (exact) mass is 825 g/mol. The van der Waals surface area contributed by atoms with E-state index in [2.05, 4.69) is 32.2 Å². The van der Waals surface area contributed by atoms with Crippen molar-refractivity contribution in [2.45, 2.75) is 56.8 Å². The van der Waals surface area contributed by atoms with E-state index >= 15 is 4.79 Å². The molecule has 5 aromatic rings. The molecule has 12 heteroatoms. The first-order valence-corrected chi connectivity index (χ1v) is 23.5. The third-order valence-electron chi connectivity index (χ3n) is 12.6. The molecular formula is C48H51N3O8Si. The molecule has 3 aliphatic rings. The summed E-state index contributed by atoms with van der Waals surface area (Å²) in [6.45, 7) is 7.19. The Balaban J connectivity index is 1.16. The molecule has 0 aromatic heterocycles. The minimum Gasteiger partial charge on any atom is -0.497 e. The standard InChI is InChI=1S/C48H51N3O8Si/c1-32-46(60(4,5)38-22-19-36(56-2)20-23-38)43(28-44(53)49(25-26-52)29-33-11-7-6-8-12-33)59-48(32)39-27-37(57-3)21-24-40(39)50(47(48)55)30-34-15-17-35(18-16-34)51-41-13-9-10-14-42(41)58-31-45(51)54/h6-24,27,32,43,46,52H,25-26,28-31H2,1-5H3/t32-,43+,46-,48+/m0/s1. The third-order valence-corrected chi connectivity index (χ3v) is 17.0. The number of ether oxygens (including phenoxy) is 4. The number of methoxy groups -OCH3 is 2. The Morgan fingerprint density at radius 1 is 0.850 bits per heavy atom. The number of hydrogen-bond donors (Lipinski definition) is 1. The molecule has 0 bridgehead atoms. The van der Waals surface area contributed by atoms with Gasteiger partial charge in [0, 0.05) is 30.3 Å². The van der Waals surface area contributed by atoms with Gasteiger partial charge in [-0.15, -0.1) is 0 Å². The van der Waals surface area contributed by atoms with Crippen molar-refractivity contribution in [2.75, 3.05) is 43.8 Å². The highest BCUT2D eigenvalue weighted by atomic mass is 28.3. The lowest BCUT2D eigenvalue weighted by atomic mass is 9.82. The summed E-state index contributed by atoms with van der Waals surface area (Å²) >= 11 is 0. The van der Waals surface area contributed by atoms with Crippen molar-refractivity contribution < 1.29 is 38.4 Å². The summed E-state index contributed by atoms with van der Waals surface area (Å²) in [6, 6.07) is 38.6. The van der Waals surface area contributed by atoms with Crippen molar-refractivity contribution in [2.24, 2.45) is 5.92 Å². The van der Waals surface area contributed by atoms with Crippen LogP contribution in [-0.2, 0) is 37.8 Å². The number of anilines is 3. The molecule has 3 heterocycles. The third kappa shape index (κ3) is 7.22. The maximum Gasteiger partial charge on any atom is 0.269 e. The second-order valence-corrected chi connectivity index (χ2v) is 21.0. The number of carbonyl (C=O) groups excluding carboxylic acids is 3. The number of rotatable bonds is 13. The number of hydrogen-bond acceptors (Lipinski definition) is 8. The Kier molecular flexibility index (Phi) is 11.3. The van der Waals surface area contributed by atoms with Crippen molar-refractivity contribution in [1.82, 2.24) is 4.90 Å². The maximum atomic E-state index is 15.5. The van der Waals surface area contributed by atoms with E-state index in [9.17, 15) is 14.7 Å². The normalized spacial score (nSPS) is 20.8. The Morgan fingerprint density at radius 2 is 1.53 bits per heavy atom. The molecule has 11 nitrogen and oxygen atoms in total. The Hall–Kier alpha value is -5.95. The van der Waals surface area contributed by atoms with Gasteiger partial charge in [0.25, 0.3) is 11.8 Å². The van der Waals surface area contributed by atoms with Crippen molar-refractivity contribution >= 4 is 48.0 Å². The van der Waals surface area contributed by atoms with Crippen LogP contribution in [0.5, 0.6) is 17.2 Å². The van der Waals surface area contributed by atoms with Crippen LogP contribution >= 0.6 is 0 Å². The largest absolute Gasteiger partial charge is 0.497 e. The lowest BCUT2D eigenvalue weighted by Crippen LogP contribution is -2.52. The molecule has 310 valence electrons. The summed E-state index contributed by atoms with van der Waals surface area (Å²) in [5.74, 6) is 1.12. The number of para-hydroxylation sites is 2. The predicted octanol–water partition coefficient (Wildman–Crippen LogP) is 6.93. The number of carbonyl (C=O) groups is 3. The van der Waals surface area contributed by atoms with E-state index in [0.717, 1.165) is 27.8 Å². The van der Waals surface area contributed by atoms with E-state index < -0.39 is 19.8 Å². The minimum absolute atomic E-state index is 0.0353. The molecule has 8 rings (SSSR count). The second kappa shape index (κ2) is 16.6. The number of nitrogens with zero attached hydrogens (tertiary/aromatic N) is 3. The molecule has 60 heavy (non-hydrogen) atoms. The molecule has 1 spiro atoms. The van der Waals surface area contributed by atoms with Gasteiger partial charge in [-0.2, -0.15) is 0 Å². The molecule has 5 aromatic carbocycles. The highest BCUT2D eigenvalue weighted by Gasteiger charge is 2.66. The fourth-order valence-electron chi connectivity index (χ4n) is 9.61. The SMILES string of the molecule is COc1ccc([Si](C)(C)[C@@H]2[C@@H](CC(=O)N(CCO)Cc3ccccc3)O[C@]3(C(=O)N(Cc4ccc(N5C(=O)COc6ccccc65)cc4)c4ccc(OC)cc43)[C@H]2C)cc1. The number of fused-ring (bicyclic) bond motifs is 3. The van der Waals surface area contributed by atoms with Gasteiger partial charge in [-0.25, -0.2) is 0 Å². The van der Waals surface area contributed by atoms with Crippen LogP contribution in [0.1, 0.15) is 30.0 Å². The summed E-state index contributed by atoms with van der Waals surface area (Å²) in [6.07, 6.45) is -0.586. The fourth-order valence-corrected chi connectivity index (χ4v) is 13.6. The molecule has 1 fully saturated rings. The Morgan fingerprint density at radius 3 is 2.23 bits per heavy atom. The van der Waals surface area contributed by atoms with Crippen molar-refractivity contribution in [3.05, 3.63) is 138 Å². The topological polar surface area (TPSA) is 118 Å². The number of aliphatic hydroxyl groups is 1. The molecule has 0 unspecified atom stereocenters. The second-order valence-electron chi connectivity index (χ2n) is 16.3. The lowest BCUT2D eigenvalue weighted by molar-refractivity contribution is -0.150. The van der Waals surface area contributed by atoms with Gasteiger partial charge in [-0.3, -0.25) is 19.3 Å². The highest BCUT2D eigenvalue weighted by molar-refractivity contribution is 6.91. The zero-order valence-electron chi connectivity index (χ0n) is 34.7. The van der Waals surface area contributed by atoms with Gasteiger partial charge in [-0.05, 0) is 71.3 Å². The number of aliphatic hydroxyl groups excluding tert-OH is 1. The van der Waals surface area contributed by atoms with E-state index in [1.807, 2.05) is 109 Å². The van der Waals surface area contributed by atoms with E-state index in [-0.39, 0.29) is 61.9 Å². The van der Waals surface area contributed by atoms with Crippen molar-refractivity contribution in [3.63, 3.8) is 0 Å². The molecule has 0 radical (unpaired) electrons. The van der Waals surface area contributed by atoms with Crippen molar-refractivity contribution in [1.29, 1.82) is 0 Å². The molecule has 1 N–H and O–H groups in total. The predicted molar refractivity (Wildman–Crippen MR) is 233 cm³/mol. The zero-order chi connectivity index (χ0) is 42.2. The first kappa shape index (κ1) is 40.8. The first-order chi connectivity index (χ1) is 29.0. The van der Waals surface area contributed by atoms with Crippen LogP contribution in [0.15, 0.2) is 121 Å². The van der Waals surface area contributed by atoms with E-state index in [1.54, 1.807) is 28.9 Å². The molecule has 0 saturated carbocycles. The van der Waals surface area contributed by atoms with E-state index in [0.29, 0.717) is 35.0 Å². The molecule has 3 aliphatic heterocycles. The molecule has 3 amide bonds. The molecular weight excluding hydrogens is 775 g/mol. The summed E-state index contributed by atoms with van der Waals surface area (Å²) in [7, 11) is 0.686. The van der Waals surface area contributed by atoms with Gasteiger partial charge in [0.15, 0.2) is 12.2 Å². The Bertz CT molecular complexity index is 2370. The van der Waals surface area contributed by atoms with Gasteiger partial charge in [-0.1, -0.05) is 91.9 Å². The summed E-state index contributed by atoms with van der Waals surface area (Å²) < 4.78 is 24.2. The maximum absolute atomic E-state index is 15.5. The van der Waals surface area contributed by atoms with Crippen LogP contribution in [0, 0.1) is 5.92 Å². The van der Waals surface area contributed by atoms with E-state index in [1.165, 1.54) is 0 Å². The van der Waals surface area contributed by atoms with Gasteiger partial charge in [0.1, 0.15) is 17.2 Å². The summed E-state index contributed by atoms with van der Waals surface area (Å²) in [4.78, 5) is 48.1. The fraction of sp³-hybridized carbons (Fsp3) is 0.312. The Labute approximate surface area is 352 Å². The first-order valence-electron chi connectivity index (χ1n) is 20.4. The number of amides is 3.